The van der Waals surface area contributed by atoms with Crippen molar-refractivity contribution >= 4 is 29.5 Å². The molecule has 2 aromatic rings. The van der Waals surface area contributed by atoms with E-state index in [0.717, 1.165) is 22.3 Å². The van der Waals surface area contributed by atoms with Gasteiger partial charge in [0.15, 0.2) is 0 Å². The number of ketones is 2. The maximum Gasteiger partial charge on any atom is 0.407 e. The number of benzene rings is 2. The molecule has 0 heterocycles. The van der Waals surface area contributed by atoms with Crippen molar-refractivity contribution in [1.82, 2.24) is 10.6 Å². The van der Waals surface area contributed by atoms with Crippen molar-refractivity contribution in [3.63, 3.8) is 0 Å². The highest BCUT2D eigenvalue weighted by atomic mass is 16.5. The summed E-state index contributed by atoms with van der Waals surface area (Å²) in [5, 5.41) is 5.05. The van der Waals surface area contributed by atoms with Crippen molar-refractivity contribution in [3.8, 4) is 11.1 Å². The second-order valence-electron chi connectivity index (χ2n) is 9.09. The SMILES string of the molecule is COC(=O)[C@@H](CCC(C)=O)NC(=O)[C@@H](CCC(C)=O)NC(=O)OCC1c2ccccc2-c2ccccc21. The number of esters is 1. The summed E-state index contributed by atoms with van der Waals surface area (Å²) in [6, 6.07) is 13.7. The van der Waals surface area contributed by atoms with Gasteiger partial charge in [0.25, 0.3) is 0 Å². The molecule has 2 aromatic carbocycles. The molecule has 0 fully saturated rings. The minimum Gasteiger partial charge on any atom is -0.467 e. The Kier molecular flexibility index (Phi) is 9.54. The van der Waals surface area contributed by atoms with Crippen molar-refractivity contribution in [2.24, 2.45) is 0 Å². The second-order valence-corrected chi connectivity index (χ2v) is 9.09. The van der Waals surface area contributed by atoms with Crippen LogP contribution >= 0.6 is 0 Å². The lowest BCUT2D eigenvalue weighted by Gasteiger charge is -2.22. The first-order chi connectivity index (χ1) is 17.7. The molecule has 0 unspecified atom stereocenters. The number of carbonyl (C=O) groups excluding carboxylic acids is 5. The third-order valence-corrected chi connectivity index (χ3v) is 6.32. The fourth-order valence-corrected chi connectivity index (χ4v) is 4.41. The fraction of sp³-hybridized carbons (Fsp3) is 0.393. The van der Waals surface area contributed by atoms with Crippen LogP contribution in [0.5, 0.6) is 0 Å². The monoisotopic (exact) mass is 508 g/mol. The molecular formula is C28H32N2O7. The maximum atomic E-state index is 13.0. The van der Waals surface area contributed by atoms with Gasteiger partial charge in [0.2, 0.25) is 5.91 Å². The van der Waals surface area contributed by atoms with Crippen LogP contribution in [0.25, 0.3) is 11.1 Å². The van der Waals surface area contributed by atoms with E-state index in [1.54, 1.807) is 0 Å². The lowest BCUT2D eigenvalue weighted by atomic mass is 9.98. The van der Waals surface area contributed by atoms with Gasteiger partial charge in [0.1, 0.15) is 30.3 Å². The predicted octanol–water partition coefficient (Wildman–Crippen LogP) is 3.29. The van der Waals surface area contributed by atoms with Crippen LogP contribution in [0.1, 0.15) is 56.6 Å². The van der Waals surface area contributed by atoms with E-state index in [4.69, 9.17) is 9.47 Å². The molecule has 2 N–H and O–H groups in total. The molecule has 0 aliphatic heterocycles. The van der Waals surface area contributed by atoms with Crippen LogP contribution in [0, 0.1) is 0 Å². The van der Waals surface area contributed by atoms with Gasteiger partial charge in [-0.3, -0.25) is 4.79 Å². The van der Waals surface area contributed by atoms with E-state index in [1.807, 2.05) is 48.5 Å². The zero-order chi connectivity index (χ0) is 26.9. The summed E-state index contributed by atoms with van der Waals surface area (Å²) < 4.78 is 10.3. The first kappa shape index (κ1) is 27.6. The molecule has 0 aromatic heterocycles. The average Bonchev–Trinajstić information content (AvgIpc) is 3.20. The normalized spacial score (nSPS) is 13.5. The second kappa shape index (κ2) is 12.8. The minimum atomic E-state index is -1.12. The van der Waals surface area contributed by atoms with Crippen LogP contribution < -0.4 is 10.6 Å². The highest BCUT2D eigenvalue weighted by Crippen LogP contribution is 2.44. The van der Waals surface area contributed by atoms with Gasteiger partial charge in [0, 0.05) is 18.8 Å². The molecule has 0 spiro atoms. The highest BCUT2D eigenvalue weighted by Gasteiger charge is 2.31. The molecule has 2 amide bonds. The molecule has 1 aliphatic carbocycles. The number of Topliss-reactive ketones (excluding diaryl/α,β-unsaturated/α-hetero) is 2. The maximum absolute atomic E-state index is 13.0. The standard InChI is InChI=1S/C28H32N2O7/c1-17(31)12-14-24(26(33)29-25(27(34)36-3)15-13-18(2)32)30-28(35)37-16-23-21-10-6-4-8-19(21)20-9-5-7-11-22(20)23/h4-11,23-25H,12-16H2,1-3H3,(H,29,33)(H,30,35)/t24-,25-/m1/s1. The first-order valence-corrected chi connectivity index (χ1v) is 12.2. The van der Waals surface area contributed by atoms with Gasteiger partial charge in [-0.1, -0.05) is 48.5 Å². The smallest absolute Gasteiger partial charge is 0.407 e. The molecule has 0 bridgehead atoms. The van der Waals surface area contributed by atoms with Gasteiger partial charge >= 0.3 is 12.1 Å². The molecule has 1 aliphatic rings. The largest absolute Gasteiger partial charge is 0.467 e. The topological polar surface area (TPSA) is 128 Å². The third-order valence-electron chi connectivity index (χ3n) is 6.32. The summed E-state index contributed by atoms with van der Waals surface area (Å²) >= 11 is 0. The Morgan fingerprint density at radius 2 is 1.30 bits per heavy atom. The Morgan fingerprint density at radius 1 is 0.784 bits per heavy atom. The number of methoxy groups -OCH3 is 1. The number of ether oxygens (including phenoxy) is 2. The number of alkyl carbamates (subject to hydrolysis) is 1. The predicted molar refractivity (Wildman–Crippen MR) is 136 cm³/mol. The van der Waals surface area contributed by atoms with Gasteiger partial charge in [0.05, 0.1) is 7.11 Å². The molecule has 9 heteroatoms. The van der Waals surface area contributed by atoms with Gasteiger partial charge in [-0.25, -0.2) is 9.59 Å². The Bertz CT molecular complexity index is 1130. The quantitative estimate of drug-likeness (QED) is 0.421. The molecule has 9 nitrogen and oxygen atoms in total. The van der Waals surface area contributed by atoms with E-state index >= 15 is 0 Å². The Labute approximate surface area is 215 Å². The van der Waals surface area contributed by atoms with Crippen LogP contribution in [0.3, 0.4) is 0 Å². The molecule has 37 heavy (non-hydrogen) atoms. The molecule has 0 saturated carbocycles. The molecule has 0 radical (unpaired) electrons. The van der Waals surface area contributed by atoms with Crippen LogP contribution in [0.4, 0.5) is 4.79 Å². The molecule has 2 atom stereocenters. The van der Waals surface area contributed by atoms with E-state index in [9.17, 15) is 24.0 Å². The molecule has 196 valence electrons. The summed E-state index contributed by atoms with van der Waals surface area (Å²) in [5.74, 6) is -1.84. The fourth-order valence-electron chi connectivity index (χ4n) is 4.41. The van der Waals surface area contributed by atoms with E-state index < -0.39 is 30.1 Å². The summed E-state index contributed by atoms with van der Waals surface area (Å²) in [7, 11) is 1.18. The summed E-state index contributed by atoms with van der Waals surface area (Å²) in [6.45, 7) is 2.82. The molecule has 0 saturated heterocycles. The lowest BCUT2D eigenvalue weighted by Crippen LogP contribution is -2.52. The number of nitrogens with one attached hydrogen (secondary N) is 2. The summed E-state index contributed by atoms with van der Waals surface area (Å²) in [6.07, 6.45) is -0.635. The number of carbonyl (C=O) groups is 5. The van der Waals surface area contributed by atoms with E-state index in [-0.39, 0.29) is 49.8 Å². The Balaban J connectivity index is 1.67. The van der Waals surface area contributed by atoms with Crippen LogP contribution in [-0.2, 0) is 28.7 Å². The van der Waals surface area contributed by atoms with Crippen molar-refractivity contribution in [2.75, 3.05) is 13.7 Å². The number of fused-ring (bicyclic) bond motifs is 3. The van der Waals surface area contributed by atoms with E-state index in [0.29, 0.717) is 0 Å². The zero-order valence-electron chi connectivity index (χ0n) is 21.2. The number of amides is 2. The molecular weight excluding hydrogens is 476 g/mol. The molecule has 3 rings (SSSR count). The summed E-state index contributed by atoms with van der Waals surface area (Å²) in [5.41, 5.74) is 4.28. The minimum absolute atomic E-state index is 0.0198. The van der Waals surface area contributed by atoms with Crippen molar-refractivity contribution < 1.29 is 33.4 Å². The summed E-state index contributed by atoms with van der Waals surface area (Å²) in [4.78, 5) is 60.7. The van der Waals surface area contributed by atoms with Crippen LogP contribution in [0.15, 0.2) is 48.5 Å². The van der Waals surface area contributed by atoms with Gasteiger partial charge in [-0.05, 0) is 48.9 Å². The van der Waals surface area contributed by atoms with Crippen LogP contribution in [0.2, 0.25) is 0 Å². The van der Waals surface area contributed by atoms with Crippen molar-refractivity contribution in [3.05, 3.63) is 59.7 Å². The first-order valence-electron chi connectivity index (χ1n) is 12.2. The average molecular weight is 509 g/mol. The Hall–Kier alpha value is -4.01. The van der Waals surface area contributed by atoms with Crippen molar-refractivity contribution in [1.29, 1.82) is 0 Å². The van der Waals surface area contributed by atoms with Crippen LogP contribution in [-0.4, -0.2) is 55.3 Å². The number of hydrogen-bond acceptors (Lipinski definition) is 7. The highest BCUT2D eigenvalue weighted by molar-refractivity contribution is 5.90. The number of rotatable bonds is 12. The lowest BCUT2D eigenvalue weighted by molar-refractivity contribution is -0.145. The van der Waals surface area contributed by atoms with E-state index in [1.165, 1.54) is 21.0 Å². The van der Waals surface area contributed by atoms with Gasteiger partial charge in [-0.2, -0.15) is 0 Å². The van der Waals surface area contributed by atoms with Crippen molar-refractivity contribution in [2.45, 2.75) is 57.5 Å². The Morgan fingerprint density at radius 3 is 1.81 bits per heavy atom. The van der Waals surface area contributed by atoms with Gasteiger partial charge < -0.3 is 29.7 Å². The van der Waals surface area contributed by atoms with Gasteiger partial charge in [-0.15, -0.1) is 0 Å². The van der Waals surface area contributed by atoms with E-state index in [2.05, 4.69) is 10.6 Å². The zero-order valence-corrected chi connectivity index (χ0v) is 21.2. The number of hydrogen-bond donors (Lipinski definition) is 2. The third kappa shape index (κ3) is 7.25.